The SMILES string of the molecule is CC1(Nc2ccc(N)cn2)CCCC1. The lowest BCUT2D eigenvalue weighted by molar-refractivity contribution is 0.531. The predicted octanol–water partition coefficient (Wildman–Crippen LogP) is 2.41. The Morgan fingerprint density at radius 1 is 1.36 bits per heavy atom. The first kappa shape index (κ1) is 9.31. The number of nitrogen functional groups attached to an aromatic ring is 1. The van der Waals surface area contributed by atoms with E-state index in [4.69, 9.17) is 5.73 Å². The normalized spacial score (nSPS) is 19.5. The lowest BCUT2D eigenvalue weighted by atomic mass is 10.0. The second-order valence-corrected chi connectivity index (χ2v) is 4.37. The van der Waals surface area contributed by atoms with Gasteiger partial charge in [0, 0.05) is 5.54 Å². The van der Waals surface area contributed by atoms with Gasteiger partial charge in [-0.05, 0) is 31.9 Å². The lowest BCUT2D eigenvalue weighted by Gasteiger charge is -2.25. The Kier molecular flexibility index (Phi) is 2.32. The van der Waals surface area contributed by atoms with E-state index in [2.05, 4.69) is 17.2 Å². The molecule has 2 rings (SSSR count). The molecular weight excluding hydrogens is 174 g/mol. The van der Waals surface area contributed by atoms with Gasteiger partial charge in [0.25, 0.3) is 0 Å². The molecule has 14 heavy (non-hydrogen) atoms. The highest BCUT2D eigenvalue weighted by Gasteiger charge is 2.28. The van der Waals surface area contributed by atoms with Crippen LogP contribution < -0.4 is 11.1 Å². The number of anilines is 2. The van der Waals surface area contributed by atoms with Gasteiger partial charge in [-0.3, -0.25) is 0 Å². The largest absolute Gasteiger partial charge is 0.397 e. The van der Waals surface area contributed by atoms with Crippen molar-refractivity contribution in [1.82, 2.24) is 4.98 Å². The van der Waals surface area contributed by atoms with Gasteiger partial charge in [-0.1, -0.05) is 12.8 Å². The highest BCUT2D eigenvalue weighted by molar-refractivity contribution is 5.45. The third kappa shape index (κ3) is 1.97. The lowest BCUT2D eigenvalue weighted by Crippen LogP contribution is -2.31. The third-order valence-corrected chi connectivity index (χ3v) is 2.92. The summed E-state index contributed by atoms with van der Waals surface area (Å²) >= 11 is 0. The second-order valence-electron chi connectivity index (χ2n) is 4.37. The van der Waals surface area contributed by atoms with E-state index in [0.717, 1.165) is 5.82 Å². The van der Waals surface area contributed by atoms with Crippen LogP contribution in [0.1, 0.15) is 32.6 Å². The molecule has 1 aliphatic carbocycles. The van der Waals surface area contributed by atoms with Crippen molar-refractivity contribution >= 4 is 11.5 Å². The zero-order valence-corrected chi connectivity index (χ0v) is 8.59. The Labute approximate surface area is 84.7 Å². The fraction of sp³-hybridized carbons (Fsp3) is 0.545. The van der Waals surface area contributed by atoms with E-state index in [0.29, 0.717) is 5.69 Å². The molecule has 76 valence electrons. The average molecular weight is 191 g/mol. The first-order valence-electron chi connectivity index (χ1n) is 5.18. The maximum atomic E-state index is 5.58. The summed E-state index contributed by atoms with van der Waals surface area (Å²) in [5.74, 6) is 0.934. The monoisotopic (exact) mass is 191 g/mol. The van der Waals surface area contributed by atoms with E-state index in [1.807, 2.05) is 12.1 Å². The maximum absolute atomic E-state index is 5.58. The van der Waals surface area contributed by atoms with E-state index in [1.165, 1.54) is 25.7 Å². The van der Waals surface area contributed by atoms with Crippen molar-refractivity contribution in [3.63, 3.8) is 0 Å². The van der Waals surface area contributed by atoms with Gasteiger partial charge in [0.1, 0.15) is 5.82 Å². The van der Waals surface area contributed by atoms with Gasteiger partial charge < -0.3 is 11.1 Å². The number of hydrogen-bond acceptors (Lipinski definition) is 3. The van der Waals surface area contributed by atoms with Crippen molar-refractivity contribution in [2.24, 2.45) is 0 Å². The maximum Gasteiger partial charge on any atom is 0.126 e. The van der Waals surface area contributed by atoms with Crippen LogP contribution in [0.4, 0.5) is 11.5 Å². The molecule has 0 amide bonds. The molecule has 1 aromatic rings. The summed E-state index contributed by atoms with van der Waals surface area (Å²) in [5.41, 5.74) is 6.53. The van der Waals surface area contributed by atoms with Crippen molar-refractivity contribution in [2.45, 2.75) is 38.1 Å². The molecule has 1 aromatic heterocycles. The zero-order valence-electron chi connectivity index (χ0n) is 8.59. The minimum absolute atomic E-state index is 0.239. The summed E-state index contributed by atoms with van der Waals surface area (Å²) in [5, 5.41) is 3.48. The van der Waals surface area contributed by atoms with Crippen molar-refractivity contribution in [3.8, 4) is 0 Å². The molecule has 0 aliphatic heterocycles. The number of nitrogens with one attached hydrogen (secondary N) is 1. The molecule has 0 bridgehead atoms. The van der Waals surface area contributed by atoms with Gasteiger partial charge in [0.15, 0.2) is 0 Å². The summed E-state index contributed by atoms with van der Waals surface area (Å²) in [7, 11) is 0. The molecule has 1 fully saturated rings. The summed E-state index contributed by atoms with van der Waals surface area (Å²) < 4.78 is 0. The van der Waals surface area contributed by atoms with Crippen LogP contribution in [0.3, 0.4) is 0 Å². The summed E-state index contributed by atoms with van der Waals surface area (Å²) in [6, 6.07) is 3.83. The zero-order chi connectivity index (χ0) is 10.0. The highest BCUT2D eigenvalue weighted by Crippen LogP contribution is 2.31. The van der Waals surface area contributed by atoms with Gasteiger partial charge in [-0.15, -0.1) is 0 Å². The molecule has 0 unspecified atom stereocenters. The molecule has 3 nitrogen and oxygen atoms in total. The van der Waals surface area contributed by atoms with Gasteiger partial charge in [-0.25, -0.2) is 4.98 Å². The highest BCUT2D eigenvalue weighted by atomic mass is 15.1. The topological polar surface area (TPSA) is 50.9 Å². The Morgan fingerprint density at radius 3 is 2.64 bits per heavy atom. The van der Waals surface area contributed by atoms with Crippen LogP contribution in [-0.2, 0) is 0 Å². The number of nitrogens with zero attached hydrogens (tertiary/aromatic N) is 1. The van der Waals surface area contributed by atoms with Crippen LogP contribution in [0.15, 0.2) is 18.3 Å². The standard InChI is InChI=1S/C11H17N3/c1-11(6-2-3-7-11)14-10-5-4-9(12)8-13-10/h4-5,8H,2-3,6-7,12H2,1H3,(H,13,14). The second kappa shape index (κ2) is 3.48. The minimum atomic E-state index is 0.239. The van der Waals surface area contributed by atoms with Crippen LogP contribution in [0, 0.1) is 0 Å². The Bertz CT molecular complexity index is 299. The molecule has 0 atom stereocenters. The molecule has 0 aromatic carbocycles. The van der Waals surface area contributed by atoms with Crippen LogP contribution in [0.25, 0.3) is 0 Å². The van der Waals surface area contributed by atoms with Crippen LogP contribution in [-0.4, -0.2) is 10.5 Å². The van der Waals surface area contributed by atoms with Crippen LogP contribution >= 0.6 is 0 Å². The first-order chi connectivity index (χ1) is 6.68. The molecular formula is C11H17N3. The third-order valence-electron chi connectivity index (χ3n) is 2.92. The van der Waals surface area contributed by atoms with Gasteiger partial charge in [0.2, 0.25) is 0 Å². The van der Waals surface area contributed by atoms with E-state index in [-0.39, 0.29) is 5.54 Å². The quantitative estimate of drug-likeness (QED) is 0.754. The summed E-state index contributed by atoms with van der Waals surface area (Å²) in [4.78, 5) is 4.25. The minimum Gasteiger partial charge on any atom is -0.397 e. The molecule has 0 spiro atoms. The van der Waals surface area contributed by atoms with E-state index in [9.17, 15) is 0 Å². The van der Waals surface area contributed by atoms with Gasteiger partial charge >= 0.3 is 0 Å². The first-order valence-corrected chi connectivity index (χ1v) is 5.18. The van der Waals surface area contributed by atoms with Crippen LogP contribution in [0.5, 0.6) is 0 Å². The van der Waals surface area contributed by atoms with Gasteiger partial charge in [0.05, 0.1) is 11.9 Å². The van der Waals surface area contributed by atoms with Crippen molar-refractivity contribution < 1.29 is 0 Å². The molecule has 0 radical (unpaired) electrons. The van der Waals surface area contributed by atoms with Crippen molar-refractivity contribution in [2.75, 3.05) is 11.1 Å². The van der Waals surface area contributed by atoms with E-state index < -0.39 is 0 Å². The Balaban J connectivity index is 2.06. The number of nitrogens with two attached hydrogens (primary N) is 1. The van der Waals surface area contributed by atoms with Crippen LogP contribution in [0.2, 0.25) is 0 Å². The molecule has 1 saturated carbocycles. The number of rotatable bonds is 2. The Morgan fingerprint density at radius 2 is 2.07 bits per heavy atom. The van der Waals surface area contributed by atoms with Crippen molar-refractivity contribution in [1.29, 1.82) is 0 Å². The molecule has 3 heteroatoms. The number of aromatic nitrogens is 1. The smallest absolute Gasteiger partial charge is 0.126 e. The van der Waals surface area contributed by atoms with Gasteiger partial charge in [-0.2, -0.15) is 0 Å². The molecule has 1 aliphatic rings. The fourth-order valence-electron chi connectivity index (χ4n) is 2.07. The van der Waals surface area contributed by atoms with E-state index in [1.54, 1.807) is 6.20 Å². The number of pyridine rings is 1. The summed E-state index contributed by atoms with van der Waals surface area (Å²) in [6.45, 7) is 2.26. The fourth-order valence-corrected chi connectivity index (χ4v) is 2.07. The van der Waals surface area contributed by atoms with E-state index >= 15 is 0 Å². The predicted molar refractivity (Wildman–Crippen MR) is 59.1 cm³/mol. The summed E-state index contributed by atoms with van der Waals surface area (Å²) in [6.07, 6.45) is 6.80. The number of hydrogen-bond donors (Lipinski definition) is 2. The molecule has 0 saturated heterocycles. The average Bonchev–Trinajstić information content (AvgIpc) is 2.57. The van der Waals surface area contributed by atoms with Crippen molar-refractivity contribution in [3.05, 3.63) is 18.3 Å². The molecule has 3 N–H and O–H groups in total. The molecule has 1 heterocycles. The Hall–Kier alpha value is -1.25.